The fraction of sp³-hybridized carbons (Fsp3) is 0.259. The van der Waals surface area contributed by atoms with Crippen LogP contribution in [0.3, 0.4) is 0 Å². The summed E-state index contributed by atoms with van der Waals surface area (Å²) in [7, 11) is 0. The average Bonchev–Trinajstić information content (AvgIpc) is 2.83. The third kappa shape index (κ3) is 4.03. The molecule has 5 rings (SSSR count). The molecule has 7 heteroatoms. The zero-order valence-electron chi connectivity index (χ0n) is 18.8. The highest BCUT2D eigenvalue weighted by molar-refractivity contribution is 5.93. The molecule has 2 heterocycles. The van der Waals surface area contributed by atoms with Crippen molar-refractivity contribution in [3.05, 3.63) is 89.7 Å². The van der Waals surface area contributed by atoms with Gasteiger partial charge in [-0.3, -0.25) is 4.79 Å². The second-order valence-corrected chi connectivity index (χ2v) is 8.95. The first-order chi connectivity index (χ1) is 16.4. The van der Waals surface area contributed by atoms with Gasteiger partial charge in [0, 0.05) is 18.2 Å². The SMILES string of the molecule is Cc1ccc(-c2ccc([C@H]3[C@H]4CN(C(=O)Nc5ccc(F)cc5)CC(=O)N4[C@H]3CO)cc2)cc1. The van der Waals surface area contributed by atoms with Gasteiger partial charge in [0.25, 0.3) is 0 Å². The number of benzene rings is 3. The van der Waals surface area contributed by atoms with Crippen LogP contribution in [-0.4, -0.2) is 58.6 Å². The van der Waals surface area contributed by atoms with Crippen molar-refractivity contribution in [3.63, 3.8) is 0 Å². The number of amides is 3. The zero-order valence-corrected chi connectivity index (χ0v) is 18.8. The van der Waals surface area contributed by atoms with E-state index in [1.165, 1.54) is 34.7 Å². The number of carbonyl (C=O) groups is 2. The number of urea groups is 1. The molecule has 0 aliphatic carbocycles. The molecule has 2 N–H and O–H groups in total. The number of aliphatic hydroxyl groups is 1. The molecular weight excluding hydrogens is 433 g/mol. The van der Waals surface area contributed by atoms with E-state index in [9.17, 15) is 19.1 Å². The summed E-state index contributed by atoms with van der Waals surface area (Å²) in [6.07, 6.45) is 0. The van der Waals surface area contributed by atoms with Gasteiger partial charge in [0.1, 0.15) is 12.4 Å². The number of rotatable bonds is 4. The third-order valence-corrected chi connectivity index (χ3v) is 6.82. The predicted octanol–water partition coefficient (Wildman–Crippen LogP) is 4.00. The van der Waals surface area contributed by atoms with Crippen molar-refractivity contribution in [2.24, 2.45) is 0 Å². The standard InChI is InChI=1S/C27H26FN3O3/c1-17-2-4-18(5-3-17)19-6-8-20(9-7-19)26-23-14-30(15-25(33)31(23)24(26)16-32)27(34)29-22-12-10-21(28)11-13-22/h2-13,23-24,26,32H,14-16H2,1H3,(H,29,34)/t23-,24+,26+/m1/s1. The number of nitrogens with zero attached hydrogens (tertiary/aromatic N) is 2. The quantitative estimate of drug-likeness (QED) is 0.619. The zero-order chi connectivity index (χ0) is 23.8. The first kappa shape index (κ1) is 22.1. The molecule has 0 unspecified atom stereocenters. The minimum Gasteiger partial charge on any atom is -0.394 e. The van der Waals surface area contributed by atoms with Gasteiger partial charge in [-0.25, -0.2) is 9.18 Å². The minimum atomic E-state index is -0.402. The van der Waals surface area contributed by atoms with Crippen molar-refractivity contribution >= 4 is 17.6 Å². The van der Waals surface area contributed by atoms with Crippen LogP contribution < -0.4 is 5.32 Å². The van der Waals surface area contributed by atoms with E-state index in [4.69, 9.17) is 0 Å². The topological polar surface area (TPSA) is 72.9 Å². The van der Waals surface area contributed by atoms with Crippen LogP contribution in [0.4, 0.5) is 14.9 Å². The van der Waals surface area contributed by atoms with E-state index < -0.39 is 6.03 Å². The summed E-state index contributed by atoms with van der Waals surface area (Å²) in [4.78, 5) is 28.8. The second-order valence-electron chi connectivity index (χ2n) is 8.95. The van der Waals surface area contributed by atoms with Crippen molar-refractivity contribution in [1.29, 1.82) is 0 Å². The Morgan fingerprint density at radius 3 is 2.24 bits per heavy atom. The molecule has 0 saturated carbocycles. The predicted molar refractivity (Wildman–Crippen MR) is 128 cm³/mol. The molecule has 2 aliphatic heterocycles. The molecule has 34 heavy (non-hydrogen) atoms. The molecule has 0 radical (unpaired) electrons. The molecule has 3 amide bonds. The molecular formula is C27H26FN3O3. The molecule has 2 saturated heterocycles. The monoisotopic (exact) mass is 459 g/mol. The molecule has 0 aromatic heterocycles. The summed E-state index contributed by atoms with van der Waals surface area (Å²) < 4.78 is 13.2. The van der Waals surface area contributed by atoms with Crippen molar-refractivity contribution in [2.75, 3.05) is 25.0 Å². The van der Waals surface area contributed by atoms with Gasteiger partial charge in [0.15, 0.2) is 0 Å². The van der Waals surface area contributed by atoms with E-state index in [0.29, 0.717) is 12.2 Å². The van der Waals surface area contributed by atoms with E-state index in [2.05, 4.69) is 48.6 Å². The summed E-state index contributed by atoms with van der Waals surface area (Å²) in [5.41, 5.74) is 4.93. The van der Waals surface area contributed by atoms with Crippen LogP contribution in [0.2, 0.25) is 0 Å². The molecule has 0 spiro atoms. The average molecular weight is 460 g/mol. The third-order valence-electron chi connectivity index (χ3n) is 6.82. The van der Waals surface area contributed by atoms with E-state index in [1.54, 1.807) is 4.90 Å². The van der Waals surface area contributed by atoms with Crippen molar-refractivity contribution in [2.45, 2.75) is 24.9 Å². The molecule has 174 valence electrons. The van der Waals surface area contributed by atoms with E-state index >= 15 is 0 Å². The fourth-order valence-corrected chi connectivity index (χ4v) is 5.03. The number of aliphatic hydroxyl groups excluding tert-OH is 1. The number of aryl methyl sites for hydroxylation is 1. The summed E-state index contributed by atoms with van der Waals surface area (Å²) in [6, 6.07) is 21.1. The first-order valence-electron chi connectivity index (χ1n) is 11.3. The van der Waals surface area contributed by atoms with Gasteiger partial charge in [0.05, 0.1) is 18.7 Å². The van der Waals surface area contributed by atoms with E-state index in [0.717, 1.165) is 16.7 Å². The smallest absolute Gasteiger partial charge is 0.322 e. The lowest BCUT2D eigenvalue weighted by Crippen LogP contribution is -2.73. The molecule has 2 aliphatic rings. The number of halogens is 1. The Labute approximate surface area is 197 Å². The summed E-state index contributed by atoms with van der Waals surface area (Å²) in [6.45, 7) is 2.23. The van der Waals surface area contributed by atoms with Crippen LogP contribution in [0.5, 0.6) is 0 Å². The van der Waals surface area contributed by atoms with Crippen LogP contribution >= 0.6 is 0 Å². The molecule has 6 nitrogen and oxygen atoms in total. The molecule has 3 atom stereocenters. The van der Waals surface area contributed by atoms with Crippen molar-refractivity contribution < 1.29 is 19.1 Å². The lowest BCUT2D eigenvalue weighted by molar-refractivity contribution is -0.159. The van der Waals surface area contributed by atoms with Crippen LogP contribution in [0.1, 0.15) is 17.0 Å². The number of hydrogen-bond donors (Lipinski definition) is 2. The Balaban J connectivity index is 1.33. The van der Waals surface area contributed by atoms with Crippen molar-refractivity contribution in [1.82, 2.24) is 9.80 Å². The minimum absolute atomic E-state index is 0.0564. The highest BCUT2D eigenvalue weighted by Gasteiger charge is 2.54. The first-order valence-corrected chi connectivity index (χ1v) is 11.3. The molecule has 0 bridgehead atoms. The van der Waals surface area contributed by atoms with E-state index in [1.807, 2.05) is 12.1 Å². The fourth-order valence-electron chi connectivity index (χ4n) is 5.03. The van der Waals surface area contributed by atoms with Gasteiger partial charge in [-0.2, -0.15) is 0 Å². The highest BCUT2D eigenvalue weighted by Crippen LogP contribution is 2.43. The van der Waals surface area contributed by atoms with Gasteiger partial charge in [-0.05, 0) is 47.9 Å². The van der Waals surface area contributed by atoms with Crippen molar-refractivity contribution in [3.8, 4) is 11.1 Å². The van der Waals surface area contributed by atoms with Gasteiger partial charge < -0.3 is 20.2 Å². The second kappa shape index (κ2) is 8.91. The Bertz CT molecular complexity index is 1200. The molecule has 2 fully saturated rings. The molecule has 3 aromatic carbocycles. The van der Waals surface area contributed by atoms with Crippen LogP contribution in [0.25, 0.3) is 11.1 Å². The van der Waals surface area contributed by atoms with Gasteiger partial charge in [-0.15, -0.1) is 0 Å². The van der Waals surface area contributed by atoms with Crippen LogP contribution in [-0.2, 0) is 4.79 Å². The maximum absolute atomic E-state index is 13.2. The lowest BCUT2D eigenvalue weighted by atomic mass is 9.73. The Morgan fingerprint density at radius 1 is 1.00 bits per heavy atom. The summed E-state index contributed by atoms with van der Waals surface area (Å²) in [5, 5.41) is 12.7. The Kier molecular flexibility index (Phi) is 5.79. The van der Waals surface area contributed by atoms with Gasteiger partial charge in [0.2, 0.25) is 5.91 Å². The summed E-state index contributed by atoms with van der Waals surface area (Å²) >= 11 is 0. The number of anilines is 1. The number of carbonyl (C=O) groups excluding carboxylic acids is 2. The Hall–Kier alpha value is -3.71. The van der Waals surface area contributed by atoms with Crippen LogP contribution in [0.15, 0.2) is 72.8 Å². The Morgan fingerprint density at radius 2 is 1.62 bits per heavy atom. The number of fused-ring (bicyclic) bond motifs is 1. The lowest BCUT2D eigenvalue weighted by Gasteiger charge is -2.58. The number of piperazine rings is 1. The largest absolute Gasteiger partial charge is 0.394 e. The maximum Gasteiger partial charge on any atom is 0.322 e. The highest BCUT2D eigenvalue weighted by atomic mass is 19.1. The maximum atomic E-state index is 13.2. The summed E-state index contributed by atoms with van der Waals surface area (Å²) in [5.74, 6) is -0.637. The van der Waals surface area contributed by atoms with E-state index in [-0.39, 0.29) is 42.9 Å². The molecule has 3 aromatic rings. The van der Waals surface area contributed by atoms with Gasteiger partial charge in [-0.1, -0.05) is 54.1 Å². The van der Waals surface area contributed by atoms with Crippen LogP contribution in [0, 0.1) is 12.7 Å². The normalized spacial score (nSPS) is 21.6. The number of nitrogens with one attached hydrogen (secondary N) is 1. The van der Waals surface area contributed by atoms with Gasteiger partial charge >= 0.3 is 6.03 Å². The number of hydrogen-bond acceptors (Lipinski definition) is 3.